The van der Waals surface area contributed by atoms with Crippen LogP contribution >= 0.6 is 0 Å². The fourth-order valence-electron chi connectivity index (χ4n) is 4.06. The Hall–Kier alpha value is -3.60. The number of ether oxygens (including phenoxy) is 2. The largest absolute Gasteiger partial charge is 0.486 e. The number of nitrogens with zero attached hydrogens (tertiary/aromatic N) is 2. The van der Waals surface area contributed by atoms with E-state index >= 15 is 0 Å². The van der Waals surface area contributed by atoms with E-state index in [0.717, 1.165) is 0 Å². The lowest BCUT2D eigenvalue weighted by molar-refractivity contribution is -0.122. The molecular weight excluding hydrogens is 465 g/mol. The van der Waals surface area contributed by atoms with Gasteiger partial charge < -0.3 is 24.5 Å². The summed E-state index contributed by atoms with van der Waals surface area (Å²) in [6, 6.07) is 9.78. The van der Waals surface area contributed by atoms with Crippen molar-refractivity contribution in [2.75, 3.05) is 31.2 Å². The first-order chi connectivity index (χ1) is 16.3. The second kappa shape index (κ2) is 8.64. The monoisotopic (exact) mass is 487 g/mol. The fourth-order valence-corrected chi connectivity index (χ4v) is 5.39. The van der Waals surface area contributed by atoms with Crippen LogP contribution in [0, 0.1) is 11.7 Å². The lowest BCUT2D eigenvalue weighted by atomic mass is 9.96. The second-order valence-corrected chi connectivity index (χ2v) is 9.97. The molecule has 0 unspecified atom stereocenters. The number of halogens is 1. The minimum Gasteiger partial charge on any atom is -0.486 e. The van der Waals surface area contributed by atoms with Gasteiger partial charge in [0.15, 0.2) is 11.5 Å². The SMILES string of the molecule is NC(=O)C1CCN(c2oc(-c3ccc(F)cc3)nc2S(=O)(=O)c2ccc3c(c2)OCCO3)CC1. The molecule has 9 nitrogen and oxygen atoms in total. The number of primary amides is 1. The average Bonchev–Trinajstić information content (AvgIpc) is 3.31. The smallest absolute Gasteiger partial charge is 0.236 e. The first kappa shape index (κ1) is 22.2. The van der Waals surface area contributed by atoms with Gasteiger partial charge in [-0.1, -0.05) is 0 Å². The third kappa shape index (κ3) is 4.07. The van der Waals surface area contributed by atoms with Gasteiger partial charge in [0.25, 0.3) is 0 Å². The van der Waals surface area contributed by atoms with Gasteiger partial charge in [-0.25, -0.2) is 12.8 Å². The van der Waals surface area contributed by atoms with Gasteiger partial charge in [0, 0.05) is 30.6 Å². The van der Waals surface area contributed by atoms with Gasteiger partial charge in [0.2, 0.25) is 32.5 Å². The second-order valence-electron chi connectivity index (χ2n) is 8.11. The summed E-state index contributed by atoms with van der Waals surface area (Å²) in [5.74, 6) is -0.195. The van der Waals surface area contributed by atoms with Gasteiger partial charge in [0.05, 0.1) is 4.90 Å². The van der Waals surface area contributed by atoms with Crippen molar-refractivity contribution < 1.29 is 31.5 Å². The number of rotatable bonds is 5. The molecule has 2 aliphatic rings. The molecule has 3 heterocycles. The Morgan fingerprint density at radius 1 is 1.03 bits per heavy atom. The van der Waals surface area contributed by atoms with Gasteiger partial charge in [-0.15, -0.1) is 0 Å². The molecule has 178 valence electrons. The molecule has 0 aliphatic carbocycles. The van der Waals surface area contributed by atoms with Crippen LogP contribution in [-0.4, -0.2) is 45.6 Å². The normalized spacial score (nSPS) is 16.4. The minimum atomic E-state index is -4.13. The van der Waals surface area contributed by atoms with Crippen molar-refractivity contribution in [1.82, 2.24) is 4.98 Å². The molecule has 1 aromatic heterocycles. The Morgan fingerprint density at radius 2 is 1.71 bits per heavy atom. The van der Waals surface area contributed by atoms with E-state index in [4.69, 9.17) is 19.6 Å². The summed E-state index contributed by atoms with van der Waals surface area (Å²) in [7, 11) is -4.13. The topological polar surface area (TPSA) is 125 Å². The minimum absolute atomic E-state index is 0.0241. The van der Waals surface area contributed by atoms with E-state index < -0.39 is 15.7 Å². The highest BCUT2D eigenvalue weighted by atomic mass is 32.2. The Labute approximate surface area is 195 Å². The van der Waals surface area contributed by atoms with Gasteiger partial charge >= 0.3 is 0 Å². The summed E-state index contributed by atoms with van der Waals surface area (Å²) in [6.07, 6.45) is 0.927. The lowest BCUT2D eigenvalue weighted by Crippen LogP contribution is -2.38. The van der Waals surface area contributed by atoms with Crippen molar-refractivity contribution in [3.8, 4) is 23.0 Å². The zero-order chi connectivity index (χ0) is 23.9. The fraction of sp³-hybridized carbons (Fsp3) is 0.304. The van der Waals surface area contributed by atoms with E-state index in [1.165, 1.54) is 36.4 Å². The average molecular weight is 488 g/mol. The molecule has 0 saturated carbocycles. The Balaban J connectivity index is 1.57. The van der Waals surface area contributed by atoms with Crippen LogP contribution in [0.15, 0.2) is 56.8 Å². The molecule has 2 aliphatic heterocycles. The number of fused-ring (bicyclic) bond motifs is 1. The number of benzene rings is 2. The van der Waals surface area contributed by atoms with E-state index in [1.54, 1.807) is 11.0 Å². The summed E-state index contributed by atoms with van der Waals surface area (Å²) < 4.78 is 57.7. The number of carbonyl (C=O) groups is 1. The first-order valence-corrected chi connectivity index (χ1v) is 12.3. The van der Waals surface area contributed by atoms with Crippen LogP contribution in [0.25, 0.3) is 11.5 Å². The Kier molecular flexibility index (Phi) is 5.64. The van der Waals surface area contributed by atoms with Crippen LogP contribution in [-0.2, 0) is 14.6 Å². The van der Waals surface area contributed by atoms with Gasteiger partial charge in [0.1, 0.15) is 19.0 Å². The molecule has 1 fully saturated rings. The quantitative estimate of drug-likeness (QED) is 0.583. The summed E-state index contributed by atoms with van der Waals surface area (Å²) >= 11 is 0. The molecule has 1 amide bonds. The Bertz CT molecular complexity index is 1330. The summed E-state index contributed by atoms with van der Waals surface area (Å²) in [5.41, 5.74) is 5.86. The standard InChI is InChI=1S/C23H22FN3O6S/c24-16-3-1-15(2-4-16)21-26-22(23(33-21)27-9-7-14(8-10-27)20(25)28)34(29,30)17-5-6-18-19(13-17)32-12-11-31-18/h1-6,13-14H,7-12H2,(H2,25,28). The molecule has 2 N–H and O–H groups in total. The number of aromatic nitrogens is 1. The highest BCUT2D eigenvalue weighted by Gasteiger charge is 2.34. The number of nitrogens with two attached hydrogens (primary N) is 1. The lowest BCUT2D eigenvalue weighted by Gasteiger charge is -2.30. The van der Waals surface area contributed by atoms with Crippen molar-refractivity contribution in [3.05, 3.63) is 48.3 Å². The van der Waals surface area contributed by atoms with E-state index in [2.05, 4.69) is 4.98 Å². The van der Waals surface area contributed by atoms with Gasteiger partial charge in [-0.2, -0.15) is 4.98 Å². The summed E-state index contributed by atoms with van der Waals surface area (Å²) in [5, 5.41) is -0.263. The van der Waals surface area contributed by atoms with E-state index in [1.807, 2.05) is 0 Å². The number of hydrogen-bond acceptors (Lipinski definition) is 8. The zero-order valence-corrected chi connectivity index (χ0v) is 18.9. The van der Waals surface area contributed by atoms with Crippen LogP contribution in [0.1, 0.15) is 12.8 Å². The predicted octanol–water partition coefficient (Wildman–Crippen LogP) is 2.79. The maximum absolute atomic E-state index is 13.7. The number of piperidine rings is 1. The number of hydrogen-bond donors (Lipinski definition) is 1. The maximum atomic E-state index is 13.7. The molecular formula is C23H22FN3O6S. The van der Waals surface area contributed by atoms with Gasteiger partial charge in [-0.05, 0) is 49.2 Å². The highest BCUT2D eigenvalue weighted by Crippen LogP contribution is 2.39. The van der Waals surface area contributed by atoms with Crippen molar-refractivity contribution in [3.63, 3.8) is 0 Å². The molecule has 5 rings (SSSR count). The highest BCUT2D eigenvalue weighted by molar-refractivity contribution is 7.91. The molecule has 2 aromatic carbocycles. The predicted molar refractivity (Wildman–Crippen MR) is 119 cm³/mol. The molecule has 0 spiro atoms. The van der Waals surface area contributed by atoms with Crippen molar-refractivity contribution in [2.24, 2.45) is 11.7 Å². The van der Waals surface area contributed by atoms with Crippen molar-refractivity contribution >= 4 is 21.6 Å². The first-order valence-electron chi connectivity index (χ1n) is 10.8. The summed E-state index contributed by atoms with van der Waals surface area (Å²) in [4.78, 5) is 17.6. The molecule has 0 radical (unpaired) electrons. The molecule has 3 aromatic rings. The molecule has 34 heavy (non-hydrogen) atoms. The van der Waals surface area contributed by atoms with Crippen LogP contribution in [0.2, 0.25) is 0 Å². The number of oxazole rings is 1. The van der Waals surface area contributed by atoms with E-state index in [9.17, 15) is 17.6 Å². The summed E-state index contributed by atoms with van der Waals surface area (Å²) in [6.45, 7) is 1.44. The van der Waals surface area contributed by atoms with Crippen LogP contribution in [0.3, 0.4) is 0 Å². The van der Waals surface area contributed by atoms with Crippen LogP contribution in [0.4, 0.5) is 10.3 Å². The number of anilines is 1. The third-order valence-electron chi connectivity index (χ3n) is 5.93. The molecule has 0 bridgehead atoms. The van der Waals surface area contributed by atoms with E-state index in [0.29, 0.717) is 56.2 Å². The maximum Gasteiger partial charge on any atom is 0.236 e. The van der Waals surface area contributed by atoms with Crippen LogP contribution in [0.5, 0.6) is 11.5 Å². The zero-order valence-electron chi connectivity index (χ0n) is 18.1. The molecule has 0 atom stereocenters. The number of sulfone groups is 1. The third-order valence-corrected chi connectivity index (χ3v) is 7.58. The molecule has 1 saturated heterocycles. The van der Waals surface area contributed by atoms with Crippen LogP contribution < -0.4 is 20.1 Å². The number of amides is 1. The van der Waals surface area contributed by atoms with E-state index in [-0.39, 0.29) is 33.5 Å². The van der Waals surface area contributed by atoms with Gasteiger partial charge in [-0.3, -0.25) is 4.79 Å². The molecule has 11 heteroatoms. The Morgan fingerprint density at radius 3 is 2.38 bits per heavy atom. The number of carbonyl (C=O) groups excluding carboxylic acids is 1. The van der Waals surface area contributed by atoms with Crippen molar-refractivity contribution in [1.29, 1.82) is 0 Å². The van der Waals surface area contributed by atoms with Crippen molar-refractivity contribution in [2.45, 2.75) is 22.8 Å².